The van der Waals surface area contributed by atoms with E-state index in [4.69, 9.17) is 33.0 Å². The number of carboxylic acid groups (broad SMARTS) is 1. The van der Waals surface area contributed by atoms with Crippen LogP contribution in [0, 0.1) is 0 Å². The topological polar surface area (TPSA) is 90.9 Å². The molecule has 2 rings (SSSR count). The zero-order chi connectivity index (χ0) is 16.5. The number of nitrogens with zero attached hydrogens (tertiary/aromatic N) is 1. The van der Waals surface area contributed by atoms with Gasteiger partial charge >= 0.3 is 6.09 Å². The van der Waals surface area contributed by atoms with Crippen molar-refractivity contribution in [2.24, 2.45) is 0 Å². The molecule has 0 spiro atoms. The lowest BCUT2D eigenvalue weighted by Crippen LogP contribution is -2.58. The normalized spacial score (nSPS) is 35.2. The number of carbonyl (C=O) groups is 2. The number of nitrogens with one attached hydrogen (secondary N) is 2. The number of methoxy groups -OCH3 is 1. The lowest BCUT2D eigenvalue weighted by atomic mass is 10.0. The number of carbonyl (C=O) groups excluding carboxylic acids is 1. The third-order valence-corrected chi connectivity index (χ3v) is 4.38. The van der Waals surface area contributed by atoms with Crippen LogP contribution in [0.1, 0.15) is 13.3 Å². The molecular formula is C13H19Cl2N3O4. The number of hydrogen-bond donors (Lipinski definition) is 3. The summed E-state index contributed by atoms with van der Waals surface area (Å²) in [6, 6.07) is -0.985. The second kappa shape index (κ2) is 6.62. The van der Waals surface area contributed by atoms with Gasteiger partial charge in [-0.15, -0.1) is 0 Å². The molecule has 2 unspecified atom stereocenters. The molecule has 0 aliphatic carbocycles. The molecule has 22 heavy (non-hydrogen) atoms. The standard InChI is InChI=1S/C13H19Cl2N3O4/c1-13(15)5-7(14)10(17-13)11(19)16-8-3-4-18(12(20)21)6-9(8)22-2/h5,8-10,17H,3-4,6H2,1-2H3,(H,16,19)(H,20,21)/t8-,9+,10?,13?/m1/s1. The van der Waals surface area contributed by atoms with Crippen LogP contribution in [0.2, 0.25) is 0 Å². The minimum absolute atomic E-state index is 0.214. The van der Waals surface area contributed by atoms with E-state index >= 15 is 0 Å². The van der Waals surface area contributed by atoms with Crippen LogP contribution in [0.3, 0.4) is 0 Å². The number of halogens is 2. The van der Waals surface area contributed by atoms with Crippen LogP contribution in [0.4, 0.5) is 4.79 Å². The lowest BCUT2D eigenvalue weighted by molar-refractivity contribution is -0.124. The minimum atomic E-state index is -0.992. The van der Waals surface area contributed by atoms with Crippen LogP contribution in [0.5, 0.6) is 0 Å². The highest BCUT2D eigenvalue weighted by Crippen LogP contribution is 2.28. The number of ether oxygens (including phenoxy) is 1. The van der Waals surface area contributed by atoms with Gasteiger partial charge in [-0.25, -0.2) is 4.79 Å². The number of piperidine rings is 1. The number of rotatable bonds is 3. The van der Waals surface area contributed by atoms with Gasteiger partial charge in [0.15, 0.2) is 0 Å². The second-order valence-electron chi connectivity index (χ2n) is 5.59. The van der Waals surface area contributed by atoms with Gasteiger partial charge < -0.3 is 20.1 Å². The van der Waals surface area contributed by atoms with Gasteiger partial charge in [0.05, 0.1) is 18.7 Å². The molecule has 0 saturated carbocycles. The molecule has 2 heterocycles. The monoisotopic (exact) mass is 351 g/mol. The summed E-state index contributed by atoms with van der Waals surface area (Å²) in [5.41, 5.74) is 0. The van der Waals surface area contributed by atoms with Gasteiger partial charge in [0.1, 0.15) is 11.0 Å². The Kier molecular flexibility index (Phi) is 5.21. The Labute approximate surface area is 138 Å². The van der Waals surface area contributed by atoms with E-state index in [1.165, 1.54) is 12.0 Å². The average molecular weight is 352 g/mol. The molecule has 4 atom stereocenters. The van der Waals surface area contributed by atoms with Gasteiger partial charge in [-0.2, -0.15) is 0 Å². The van der Waals surface area contributed by atoms with Crippen molar-refractivity contribution in [2.45, 2.75) is 36.5 Å². The third-order valence-electron chi connectivity index (χ3n) is 3.83. The van der Waals surface area contributed by atoms with Crippen molar-refractivity contribution in [3.63, 3.8) is 0 Å². The predicted octanol–water partition coefficient (Wildman–Crippen LogP) is 0.919. The first kappa shape index (κ1) is 17.3. The van der Waals surface area contributed by atoms with Crippen LogP contribution in [0.15, 0.2) is 11.1 Å². The third kappa shape index (κ3) is 3.84. The van der Waals surface area contributed by atoms with Crippen molar-refractivity contribution in [3.05, 3.63) is 11.1 Å². The summed E-state index contributed by atoms with van der Waals surface area (Å²) in [5, 5.41) is 15.1. The van der Waals surface area contributed by atoms with E-state index in [1.54, 1.807) is 13.0 Å². The van der Waals surface area contributed by atoms with Crippen LogP contribution >= 0.6 is 23.2 Å². The molecule has 124 valence electrons. The van der Waals surface area contributed by atoms with Gasteiger partial charge in [-0.1, -0.05) is 23.2 Å². The summed E-state index contributed by atoms with van der Waals surface area (Å²) < 4.78 is 5.30. The molecular weight excluding hydrogens is 333 g/mol. The minimum Gasteiger partial charge on any atom is -0.465 e. The molecule has 0 bridgehead atoms. The fraction of sp³-hybridized carbons (Fsp3) is 0.692. The molecule has 1 saturated heterocycles. The highest BCUT2D eigenvalue weighted by Gasteiger charge is 2.39. The van der Waals surface area contributed by atoms with Gasteiger partial charge in [0.2, 0.25) is 5.91 Å². The summed E-state index contributed by atoms with van der Waals surface area (Å²) in [7, 11) is 1.49. The molecule has 0 aromatic rings. The summed E-state index contributed by atoms with van der Waals surface area (Å²) in [6.07, 6.45) is 0.665. The Balaban J connectivity index is 1.97. The molecule has 9 heteroatoms. The Bertz CT molecular complexity index is 498. The summed E-state index contributed by atoms with van der Waals surface area (Å²) in [6.45, 7) is 2.26. The molecule has 7 nitrogen and oxygen atoms in total. The van der Waals surface area contributed by atoms with Crippen LogP contribution < -0.4 is 10.6 Å². The Morgan fingerprint density at radius 2 is 2.27 bits per heavy atom. The van der Waals surface area contributed by atoms with Crippen LogP contribution in [-0.4, -0.2) is 65.4 Å². The largest absolute Gasteiger partial charge is 0.465 e. The van der Waals surface area contributed by atoms with Crippen molar-refractivity contribution in [2.75, 3.05) is 20.2 Å². The maximum atomic E-state index is 12.3. The van der Waals surface area contributed by atoms with E-state index in [0.717, 1.165) is 0 Å². The number of alkyl halides is 1. The van der Waals surface area contributed by atoms with Gasteiger partial charge in [0.25, 0.3) is 0 Å². The fourth-order valence-corrected chi connectivity index (χ4v) is 3.34. The molecule has 2 aliphatic rings. The van der Waals surface area contributed by atoms with Crippen LogP contribution in [0.25, 0.3) is 0 Å². The molecule has 0 aromatic carbocycles. The van der Waals surface area contributed by atoms with E-state index < -0.39 is 23.2 Å². The van der Waals surface area contributed by atoms with Crippen LogP contribution in [-0.2, 0) is 9.53 Å². The highest BCUT2D eigenvalue weighted by molar-refractivity contribution is 6.35. The van der Waals surface area contributed by atoms with Gasteiger partial charge in [0, 0.05) is 18.7 Å². The molecule has 2 aliphatic heterocycles. The van der Waals surface area contributed by atoms with Gasteiger partial charge in [-0.05, 0) is 19.4 Å². The second-order valence-corrected chi connectivity index (χ2v) is 6.81. The van der Waals surface area contributed by atoms with E-state index in [0.29, 0.717) is 18.0 Å². The van der Waals surface area contributed by atoms with Crippen molar-refractivity contribution < 1.29 is 19.4 Å². The zero-order valence-corrected chi connectivity index (χ0v) is 13.8. The van der Waals surface area contributed by atoms with E-state index in [9.17, 15) is 9.59 Å². The summed E-state index contributed by atoms with van der Waals surface area (Å²) in [4.78, 5) is 23.8. The predicted molar refractivity (Wildman–Crippen MR) is 82.1 cm³/mol. The van der Waals surface area contributed by atoms with Crippen molar-refractivity contribution in [1.29, 1.82) is 0 Å². The fourth-order valence-electron chi connectivity index (χ4n) is 2.69. The number of amides is 2. The zero-order valence-electron chi connectivity index (χ0n) is 12.3. The highest BCUT2D eigenvalue weighted by atomic mass is 35.5. The van der Waals surface area contributed by atoms with Crippen molar-refractivity contribution in [1.82, 2.24) is 15.5 Å². The first-order valence-corrected chi connectivity index (χ1v) is 7.65. The van der Waals surface area contributed by atoms with E-state index in [2.05, 4.69) is 10.6 Å². The average Bonchev–Trinajstić information content (AvgIpc) is 2.72. The van der Waals surface area contributed by atoms with Gasteiger partial charge in [-0.3, -0.25) is 10.1 Å². The maximum Gasteiger partial charge on any atom is 0.407 e. The van der Waals surface area contributed by atoms with E-state index in [-0.39, 0.29) is 18.5 Å². The number of likely N-dealkylation sites (tertiary alicyclic amines) is 1. The SMILES string of the molecule is CO[C@H]1CN(C(=O)O)CC[C@H]1NC(=O)C1NC(C)(Cl)C=C1Cl. The van der Waals surface area contributed by atoms with Crippen molar-refractivity contribution in [3.8, 4) is 0 Å². The Morgan fingerprint density at radius 1 is 1.59 bits per heavy atom. The quantitative estimate of drug-likeness (QED) is 0.519. The number of hydrogen-bond acceptors (Lipinski definition) is 4. The smallest absolute Gasteiger partial charge is 0.407 e. The molecule has 0 radical (unpaired) electrons. The van der Waals surface area contributed by atoms with Crippen molar-refractivity contribution >= 4 is 35.2 Å². The molecule has 0 aromatic heterocycles. The Morgan fingerprint density at radius 3 is 2.77 bits per heavy atom. The lowest BCUT2D eigenvalue weighted by Gasteiger charge is -2.37. The summed E-state index contributed by atoms with van der Waals surface area (Å²) in [5.74, 6) is -0.304. The maximum absolute atomic E-state index is 12.3. The first-order chi connectivity index (χ1) is 10.2. The van der Waals surface area contributed by atoms with E-state index in [1.807, 2.05) is 0 Å². The molecule has 2 amide bonds. The Hall–Kier alpha value is -1.02. The summed E-state index contributed by atoms with van der Waals surface area (Å²) >= 11 is 12.2. The molecule has 3 N–H and O–H groups in total. The molecule has 1 fully saturated rings. The first-order valence-electron chi connectivity index (χ1n) is 6.89.